The first-order valence-corrected chi connectivity index (χ1v) is 9.51. The average molecular weight is 378 g/mol. The number of ether oxygens (including phenoxy) is 1. The number of pyridine rings is 1. The van der Waals surface area contributed by atoms with Gasteiger partial charge in [-0.05, 0) is 11.6 Å². The predicted octanol–water partition coefficient (Wildman–Crippen LogP) is 1.56. The van der Waals surface area contributed by atoms with Crippen LogP contribution in [0, 0.1) is 11.3 Å². The number of imidazole rings is 1. The number of benzene rings is 1. The van der Waals surface area contributed by atoms with E-state index in [1.807, 2.05) is 33.7 Å². The lowest BCUT2D eigenvalue weighted by Gasteiger charge is -2.24. The number of hydrogen-bond donors (Lipinski definition) is 1. The second-order valence-corrected chi connectivity index (χ2v) is 7.84. The molecule has 0 radical (unpaired) electrons. The fourth-order valence-electron chi connectivity index (χ4n) is 4.35. The summed E-state index contributed by atoms with van der Waals surface area (Å²) in [7, 11) is 0. The van der Waals surface area contributed by atoms with Gasteiger partial charge in [0.15, 0.2) is 5.65 Å². The molecule has 1 N–H and O–H groups in total. The second-order valence-electron chi connectivity index (χ2n) is 7.84. The molecule has 2 atom stereocenters. The average Bonchev–Trinajstić information content (AvgIpc) is 3.40. The molecule has 0 spiro atoms. The summed E-state index contributed by atoms with van der Waals surface area (Å²) in [6.45, 7) is 2.98. The van der Waals surface area contributed by atoms with E-state index >= 15 is 0 Å². The number of fused-ring (bicyclic) bond motifs is 2. The van der Waals surface area contributed by atoms with E-state index in [1.54, 1.807) is 12.5 Å². The van der Waals surface area contributed by atoms with Gasteiger partial charge < -0.3 is 19.3 Å². The lowest BCUT2D eigenvalue weighted by atomic mass is 9.82. The molecule has 0 saturated carbocycles. The molecule has 1 amide bonds. The van der Waals surface area contributed by atoms with E-state index in [1.165, 1.54) is 5.56 Å². The van der Waals surface area contributed by atoms with E-state index < -0.39 is 0 Å². The fraction of sp³-hybridized carbons (Fsp3) is 0.381. The molecule has 1 aromatic carbocycles. The lowest BCUT2D eigenvalue weighted by Crippen LogP contribution is -2.36. The Hall–Kier alpha value is -2.77. The first kappa shape index (κ1) is 17.3. The minimum atomic E-state index is -0.315. The number of likely N-dealkylation sites (tertiary alicyclic amines) is 1. The third-order valence-corrected chi connectivity index (χ3v) is 6.02. The van der Waals surface area contributed by atoms with Crippen LogP contribution in [0.25, 0.3) is 11.2 Å². The van der Waals surface area contributed by atoms with Crippen molar-refractivity contribution in [3.8, 4) is 0 Å². The SMILES string of the molecule is O=C(c1cnc2c(c1)ncn2Cc1ccccc1)N1C[C@H]2COC[C@@]2(CO)C1. The number of carbonyl (C=O) groups excluding carboxylic acids is 1. The molecule has 0 bridgehead atoms. The highest BCUT2D eigenvalue weighted by atomic mass is 16.5. The van der Waals surface area contributed by atoms with Crippen LogP contribution in [0.2, 0.25) is 0 Å². The smallest absolute Gasteiger partial charge is 0.255 e. The first-order chi connectivity index (χ1) is 13.7. The van der Waals surface area contributed by atoms with E-state index in [9.17, 15) is 9.90 Å². The van der Waals surface area contributed by atoms with Crippen LogP contribution in [0.5, 0.6) is 0 Å². The van der Waals surface area contributed by atoms with Gasteiger partial charge in [0.25, 0.3) is 5.91 Å². The van der Waals surface area contributed by atoms with Crippen LogP contribution in [0.15, 0.2) is 48.9 Å². The molecule has 2 aromatic heterocycles. The minimum Gasteiger partial charge on any atom is -0.396 e. The monoisotopic (exact) mass is 378 g/mol. The molecule has 7 nitrogen and oxygen atoms in total. The van der Waals surface area contributed by atoms with Crippen LogP contribution in [0.1, 0.15) is 15.9 Å². The fourth-order valence-corrected chi connectivity index (χ4v) is 4.35. The van der Waals surface area contributed by atoms with Gasteiger partial charge in [-0.1, -0.05) is 30.3 Å². The summed E-state index contributed by atoms with van der Waals surface area (Å²) in [6, 6.07) is 11.9. The molecular weight excluding hydrogens is 356 g/mol. The summed E-state index contributed by atoms with van der Waals surface area (Å²) >= 11 is 0. The Morgan fingerprint density at radius 1 is 1.29 bits per heavy atom. The van der Waals surface area contributed by atoms with Crippen molar-refractivity contribution in [2.75, 3.05) is 32.9 Å². The molecule has 3 aromatic rings. The Balaban J connectivity index is 1.38. The second kappa shape index (κ2) is 6.68. The molecule has 28 heavy (non-hydrogen) atoms. The Labute approximate surface area is 162 Å². The normalized spacial score (nSPS) is 24.0. The summed E-state index contributed by atoms with van der Waals surface area (Å²) in [6.07, 6.45) is 3.39. The zero-order chi connectivity index (χ0) is 19.1. The number of nitrogens with zero attached hydrogens (tertiary/aromatic N) is 4. The van der Waals surface area contributed by atoms with Crippen molar-refractivity contribution in [2.45, 2.75) is 6.54 Å². The third kappa shape index (κ3) is 2.78. The molecule has 2 fully saturated rings. The van der Waals surface area contributed by atoms with Gasteiger partial charge in [0.05, 0.1) is 38.3 Å². The Kier molecular flexibility index (Phi) is 4.14. The Bertz CT molecular complexity index is 1020. The highest BCUT2D eigenvalue weighted by molar-refractivity contribution is 5.96. The van der Waals surface area contributed by atoms with E-state index in [2.05, 4.69) is 22.1 Å². The van der Waals surface area contributed by atoms with E-state index in [4.69, 9.17) is 4.74 Å². The summed E-state index contributed by atoms with van der Waals surface area (Å²) in [5.74, 6) is 0.137. The number of aliphatic hydroxyl groups excluding tert-OH is 1. The molecule has 7 heteroatoms. The zero-order valence-corrected chi connectivity index (χ0v) is 15.5. The maximum absolute atomic E-state index is 13.0. The van der Waals surface area contributed by atoms with Crippen molar-refractivity contribution >= 4 is 17.1 Å². The quantitative estimate of drug-likeness (QED) is 0.745. The van der Waals surface area contributed by atoms with Crippen molar-refractivity contribution in [1.82, 2.24) is 19.4 Å². The molecule has 0 aliphatic carbocycles. The van der Waals surface area contributed by atoms with Gasteiger partial charge in [0.1, 0.15) is 5.52 Å². The van der Waals surface area contributed by atoms with Crippen LogP contribution in [0.3, 0.4) is 0 Å². The van der Waals surface area contributed by atoms with Crippen molar-refractivity contribution in [3.63, 3.8) is 0 Å². The lowest BCUT2D eigenvalue weighted by molar-refractivity contribution is 0.0630. The molecule has 4 heterocycles. The topological polar surface area (TPSA) is 80.5 Å². The molecular formula is C21H22N4O3. The van der Waals surface area contributed by atoms with Crippen LogP contribution >= 0.6 is 0 Å². The van der Waals surface area contributed by atoms with Gasteiger partial charge in [0.2, 0.25) is 0 Å². The standard InChI is InChI=1S/C21H22N4O3/c26-12-21-11-24(9-17(21)10-28-13-21)20(27)16-6-18-19(22-7-16)25(14-23-18)8-15-4-2-1-3-5-15/h1-7,14,17,26H,8-13H2/t17-,21-/m0/s1. The van der Waals surface area contributed by atoms with Crippen LogP contribution in [0.4, 0.5) is 0 Å². The number of hydrogen-bond acceptors (Lipinski definition) is 5. The van der Waals surface area contributed by atoms with Crippen molar-refractivity contribution in [3.05, 3.63) is 60.0 Å². The van der Waals surface area contributed by atoms with Gasteiger partial charge in [-0.25, -0.2) is 9.97 Å². The summed E-state index contributed by atoms with van der Waals surface area (Å²) in [5, 5.41) is 9.82. The van der Waals surface area contributed by atoms with Crippen LogP contribution in [-0.4, -0.2) is 63.4 Å². The van der Waals surface area contributed by atoms with Gasteiger partial charge in [-0.3, -0.25) is 4.79 Å². The van der Waals surface area contributed by atoms with Gasteiger partial charge in [0, 0.05) is 30.6 Å². The highest BCUT2D eigenvalue weighted by Gasteiger charge is 2.51. The predicted molar refractivity (Wildman–Crippen MR) is 103 cm³/mol. The van der Waals surface area contributed by atoms with Crippen molar-refractivity contribution in [1.29, 1.82) is 0 Å². The molecule has 2 aliphatic heterocycles. The molecule has 2 saturated heterocycles. The minimum absolute atomic E-state index is 0.0443. The van der Waals surface area contributed by atoms with Crippen molar-refractivity contribution < 1.29 is 14.6 Å². The highest BCUT2D eigenvalue weighted by Crippen LogP contribution is 2.41. The molecule has 2 aliphatic rings. The number of aromatic nitrogens is 3. The van der Waals surface area contributed by atoms with Gasteiger partial charge in [-0.15, -0.1) is 0 Å². The Morgan fingerprint density at radius 2 is 2.14 bits per heavy atom. The number of rotatable bonds is 4. The summed E-state index contributed by atoms with van der Waals surface area (Å²) < 4.78 is 7.51. The van der Waals surface area contributed by atoms with Gasteiger partial charge >= 0.3 is 0 Å². The molecule has 144 valence electrons. The number of amides is 1. The molecule has 0 unspecified atom stereocenters. The number of aliphatic hydroxyl groups is 1. The third-order valence-electron chi connectivity index (χ3n) is 6.02. The van der Waals surface area contributed by atoms with Crippen molar-refractivity contribution in [2.24, 2.45) is 11.3 Å². The number of carbonyl (C=O) groups is 1. The largest absolute Gasteiger partial charge is 0.396 e. The van der Waals surface area contributed by atoms with Crippen LogP contribution in [-0.2, 0) is 11.3 Å². The zero-order valence-electron chi connectivity index (χ0n) is 15.5. The first-order valence-electron chi connectivity index (χ1n) is 9.51. The molecule has 5 rings (SSSR count). The van der Waals surface area contributed by atoms with Gasteiger partial charge in [-0.2, -0.15) is 0 Å². The van der Waals surface area contributed by atoms with Crippen LogP contribution < -0.4 is 0 Å². The summed E-state index contributed by atoms with van der Waals surface area (Å²) in [4.78, 5) is 23.8. The Morgan fingerprint density at radius 3 is 2.93 bits per heavy atom. The van der Waals surface area contributed by atoms with E-state index in [-0.39, 0.29) is 23.8 Å². The van der Waals surface area contributed by atoms with E-state index in [0.717, 1.165) is 5.65 Å². The maximum atomic E-state index is 13.0. The summed E-state index contributed by atoms with van der Waals surface area (Å²) in [5.41, 5.74) is 2.86. The maximum Gasteiger partial charge on any atom is 0.255 e. The van der Waals surface area contributed by atoms with E-state index in [0.29, 0.717) is 43.9 Å².